The molecule has 202 valence electrons. The Morgan fingerprint density at radius 3 is 2.22 bits per heavy atom. The molecule has 0 saturated carbocycles. The van der Waals surface area contributed by atoms with Gasteiger partial charge in [-0.2, -0.15) is 4.31 Å². The number of benzene rings is 2. The van der Waals surface area contributed by atoms with Crippen molar-refractivity contribution >= 4 is 27.5 Å². The van der Waals surface area contributed by atoms with E-state index in [0.717, 1.165) is 24.2 Å². The molecule has 0 aliphatic carbocycles. The van der Waals surface area contributed by atoms with Gasteiger partial charge in [0, 0.05) is 24.7 Å². The number of aryl methyl sites for hydroxylation is 1. The van der Waals surface area contributed by atoms with Gasteiger partial charge < -0.3 is 15.4 Å². The normalized spacial score (nSPS) is 15.8. The highest BCUT2D eigenvalue weighted by Gasteiger charge is 2.34. The van der Waals surface area contributed by atoms with Crippen LogP contribution < -0.4 is 15.4 Å². The number of sulfonamides is 1. The predicted octanol–water partition coefficient (Wildman–Crippen LogP) is 4.35. The van der Waals surface area contributed by atoms with Gasteiger partial charge in [0.25, 0.3) is 0 Å². The second-order valence-corrected chi connectivity index (χ2v) is 11.9. The fourth-order valence-corrected chi connectivity index (χ4v) is 5.68. The molecule has 0 bridgehead atoms. The third-order valence-corrected chi connectivity index (χ3v) is 8.53. The number of amides is 2. The smallest absolute Gasteiger partial charge is 0.247 e. The van der Waals surface area contributed by atoms with Crippen molar-refractivity contribution in [3.63, 3.8) is 0 Å². The first-order valence-electron chi connectivity index (χ1n) is 13.0. The molecule has 1 aliphatic rings. The van der Waals surface area contributed by atoms with Gasteiger partial charge >= 0.3 is 0 Å². The maximum atomic E-state index is 13.0. The van der Waals surface area contributed by atoms with Crippen LogP contribution >= 0.6 is 0 Å². The molecule has 2 aromatic carbocycles. The number of hydrogen-bond donors (Lipinski definition) is 2. The number of carbonyl (C=O) groups is 2. The van der Waals surface area contributed by atoms with Crippen molar-refractivity contribution in [1.29, 1.82) is 0 Å². The van der Waals surface area contributed by atoms with Crippen molar-refractivity contribution < 1.29 is 22.7 Å². The van der Waals surface area contributed by atoms with E-state index >= 15 is 0 Å². The van der Waals surface area contributed by atoms with Crippen molar-refractivity contribution in [2.24, 2.45) is 11.8 Å². The van der Waals surface area contributed by atoms with Gasteiger partial charge in [0.15, 0.2) is 0 Å². The van der Waals surface area contributed by atoms with E-state index in [1.54, 1.807) is 36.4 Å². The fraction of sp³-hybridized carbons (Fsp3) is 0.500. The van der Waals surface area contributed by atoms with Crippen LogP contribution in [0.4, 0.5) is 5.69 Å². The van der Waals surface area contributed by atoms with E-state index in [-0.39, 0.29) is 41.6 Å². The summed E-state index contributed by atoms with van der Waals surface area (Å²) in [7, 11) is -3.59. The third-order valence-electron chi connectivity index (χ3n) is 6.62. The van der Waals surface area contributed by atoms with Crippen molar-refractivity contribution in [3.05, 3.63) is 54.1 Å². The molecule has 8 nitrogen and oxygen atoms in total. The average molecular weight is 530 g/mol. The molecule has 0 aromatic heterocycles. The van der Waals surface area contributed by atoms with Gasteiger partial charge in [0.2, 0.25) is 21.8 Å². The zero-order chi connectivity index (χ0) is 27.0. The van der Waals surface area contributed by atoms with Crippen LogP contribution in [0.15, 0.2) is 53.4 Å². The standard InChI is InChI=1S/C28H39N3O5S/c1-5-6-19-36-24-11-9-23(10-12-24)29-28(33)26(20(2)3)30-27(32)22-15-17-31(18-16-22)37(34,35)25-13-7-21(4)8-14-25/h7-14,20,22,26H,5-6,15-19H2,1-4H3,(H,29,33)(H,30,32)/t26-/m1/s1. The van der Waals surface area contributed by atoms with Crippen molar-refractivity contribution in [2.45, 2.75) is 64.3 Å². The zero-order valence-corrected chi connectivity index (χ0v) is 23.0. The zero-order valence-electron chi connectivity index (χ0n) is 22.2. The summed E-state index contributed by atoms with van der Waals surface area (Å²) >= 11 is 0. The van der Waals surface area contributed by atoms with Crippen LogP contribution in [0.2, 0.25) is 0 Å². The van der Waals surface area contributed by atoms with Crippen molar-refractivity contribution in [2.75, 3.05) is 25.0 Å². The molecule has 0 unspecified atom stereocenters. The molecule has 1 saturated heterocycles. The van der Waals surface area contributed by atoms with Gasteiger partial charge in [0.1, 0.15) is 11.8 Å². The van der Waals surface area contributed by atoms with Crippen LogP contribution in [0, 0.1) is 18.8 Å². The van der Waals surface area contributed by atoms with Crippen LogP contribution in [0.3, 0.4) is 0 Å². The van der Waals surface area contributed by atoms with Gasteiger partial charge in [-0.1, -0.05) is 44.9 Å². The Labute approximate surface area is 220 Å². The highest BCUT2D eigenvalue weighted by molar-refractivity contribution is 7.89. The first-order chi connectivity index (χ1) is 17.6. The van der Waals surface area contributed by atoms with Gasteiger partial charge in [-0.05, 0) is 68.5 Å². The quantitative estimate of drug-likeness (QED) is 0.421. The summed E-state index contributed by atoms with van der Waals surface area (Å²) < 4.78 is 33.0. The van der Waals surface area contributed by atoms with E-state index in [1.807, 2.05) is 32.9 Å². The molecule has 1 heterocycles. The minimum atomic E-state index is -3.59. The summed E-state index contributed by atoms with van der Waals surface area (Å²) in [6.45, 7) is 8.95. The number of rotatable bonds is 11. The van der Waals surface area contributed by atoms with Gasteiger partial charge in [-0.25, -0.2) is 8.42 Å². The van der Waals surface area contributed by atoms with Gasteiger partial charge in [-0.3, -0.25) is 9.59 Å². The number of ether oxygens (including phenoxy) is 1. The maximum absolute atomic E-state index is 13.0. The van der Waals surface area contributed by atoms with E-state index in [0.29, 0.717) is 25.1 Å². The number of nitrogens with one attached hydrogen (secondary N) is 2. The predicted molar refractivity (Wildman–Crippen MR) is 145 cm³/mol. The van der Waals surface area contributed by atoms with Crippen LogP contribution in [-0.4, -0.2) is 50.3 Å². The molecule has 0 radical (unpaired) electrons. The number of carbonyl (C=O) groups excluding carboxylic acids is 2. The second-order valence-electron chi connectivity index (χ2n) is 9.94. The molecular formula is C28H39N3O5S. The molecule has 0 spiro atoms. The number of unbranched alkanes of at least 4 members (excludes halogenated alkanes) is 1. The summed E-state index contributed by atoms with van der Waals surface area (Å²) in [6.07, 6.45) is 2.85. The topological polar surface area (TPSA) is 105 Å². The van der Waals surface area contributed by atoms with Crippen molar-refractivity contribution in [3.8, 4) is 5.75 Å². The summed E-state index contributed by atoms with van der Waals surface area (Å²) in [6, 6.07) is 13.3. The van der Waals surface area contributed by atoms with Crippen LogP contribution in [0.5, 0.6) is 5.75 Å². The monoisotopic (exact) mass is 529 g/mol. The Morgan fingerprint density at radius 1 is 1.03 bits per heavy atom. The Kier molecular flexibility index (Phi) is 10.1. The minimum absolute atomic E-state index is 0.123. The molecular weight excluding hydrogens is 490 g/mol. The van der Waals surface area contributed by atoms with Gasteiger partial charge in [-0.15, -0.1) is 0 Å². The third kappa shape index (κ3) is 7.79. The van der Waals surface area contributed by atoms with E-state index in [9.17, 15) is 18.0 Å². The lowest BCUT2D eigenvalue weighted by atomic mass is 9.95. The van der Waals surface area contributed by atoms with Crippen LogP contribution in [0.25, 0.3) is 0 Å². The van der Waals surface area contributed by atoms with E-state index < -0.39 is 16.1 Å². The Bertz CT molecular complexity index is 1140. The number of piperidine rings is 1. The van der Waals surface area contributed by atoms with Crippen molar-refractivity contribution in [1.82, 2.24) is 9.62 Å². The molecule has 9 heteroatoms. The molecule has 2 N–H and O–H groups in total. The highest BCUT2D eigenvalue weighted by Crippen LogP contribution is 2.25. The van der Waals surface area contributed by atoms with Crippen LogP contribution in [-0.2, 0) is 19.6 Å². The largest absolute Gasteiger partial charge is 0.494 e. The van der Waals surface area contributed by atoms with E-state index in [1.165, 1.54) is 4.31 Å². The second kappa shape index (κ2) is 13.1. The number of anilines is 1. The van der Waals surface area contributed by atoms with Crippen LogP contribution in [0.1, 0.15) is 52.0 Å². The fourth-order valence-electron chi connectivity index (χ4n) is 4.21. The molecule has 2 amide bonds. The lowest BCUT2D eigenvalue weighted by Gasteiger charge is -2.32. The highest BCUT2D eigenvalue weighted by atomic mass is 32.2. The SMILES string of the molecule is CCCCOc1ccc(NC(=O)[C@H](NC(=O)C2CCN(S(=O)(=O)c3ccc(C)cc3)CC2)C(C)C)cc1. The number of nitrogens with zero attached hydrogens (tertiary/aromatic N) is 1. The molecule has 2 aromatic rings. The number of hydrogen-bond acceptors (Lipinski definition) is 5. The summed E-state index contributed by atoms with van der Waals surface area (Å²) in [5.41, 5.74) is 1.62. The molecule has 3 rings (SSSR count). The first-order valence-corrected chi connectivity index (χ1v) is 14.5. The molecule has 37 heavy (non-hydrogen) atoms. The Balaban J connectivity index is 1.54. The summed E-state index contributed by atoms with van der Waals surface area (Å²) in [4.78, 5) is 26.3. The molecule has 1 aliphatic heterocycles. The van der Waals surface area contributed by atoms with E-state index in [2.05, 4.69) is 17.6 Å². The lowest BCUT2D eigenvalue weighted by Crippen LogP contribution is -2.50. The summed E-state index contributed by atoms with van der Waals surface area (Å²) in [5, 5.41) is 5.78. The minimum Gasteiger partial charge on any atom is -0.494 e. The molecule has 1 fully saturated rings. The maximum Gasteiger partial charge on any atom is 0.247 e. The lowest BCUT2D eigenvalue weighted by molar-refractivity contribution is -0.130. The summed E-state index contributed by atoms with van der Waals surface area (Å²) in [5.74, 6) is -0.236. The molecule has 1 atom stereocenters. The average Bonchev–Trinajstić information content (AvgIpc) is 2.88. The Morgan fingerprint density at radius 2 is 1.65 bits per heavy atom. The first kappa shape index (κ1) is 28.7. The Hall–Kier alpha value is -2.91. The van der Waals surface area contributed by atoms with Gasteiger partial charge in [0.05, 0.1) is 11.5 Å². The van der Waals surface area contributed by atoms with E-state index in [4.69, 9.17) is 4.74 Å².